The van der Waals surface area contributed by atoms with E-state index in [-0.39, 0.29) is 17.5 Å². The summed E-state index contributed by atoms with van der Waals surface area (Å²) < 4.78 is 0. The molecule has 0 bridgehead atoms. The van der Waals surface area contributed by atoms with Crippen LogP contribution in [0.25, 0.3) is 0 Å². The maximum Gasteiger partial charge on any atom is 0.224 e. The summed E-state index contributed by atoms with van der Waals surface area (Å²) in [4.78, 5) is 16.3. The molecule has 0 aliphatic carbocycles. The van der Waals surface area contributed by atoms with Crippen LogP contribution in [0.3, 0.4) is 0 Å². The van der Waals surface area contributed by atoms with Gasteiger partial charge in [0.05, 0.1) is 0 Å². The van der Waals surface area contributed by atoms with Crippen molar-refractivity contribution in [3.8, 4) is 0 Å². The van der Waals surface area contributed by atoms with Gasteiger partial charge in [0.15, 0.2) is 0 Å². The number of carbonyl (C=O) groups excluding carboxylic acids is 1. The second-order valence-electron chi connectivity index (χ2n) is 5.44. The van der Waals surface area contributed by atoms with Gasteiger partial charge in [-0.15, -0.1) is 0 Å². The second kappa shape index (κ2) is 7.74. The first-order valence-corrected chi connectivity index (χ1v) is 7.04. The Morgan fingerprint density at radius 2 is 1.72 bits per heavy atom. The number of likely N-dealkylation sites (N-methyl/N-ethyl adjacent to an activating group) is 1. The lowest BCUT2D eigenvalue weighted by Gasteiger charge is -2.40. The molecule has 0 aliphatic rings. The minimum absolute atomic E-state index is 0.0770. The van der Waals surface area contributed by atoms with Crippen LogP contribution in [0.5, 0.6) is 0 Å². The quantitative estimate of drug-likeness (QED) is 0.720. The first-order valence-electron chi connectivity index (χ1n) is 7.04. The molecule has 0 aromatic carbocycles. The largest absolute Gasteiger partial charge is 0.343 e. The fourth-order valence-corrected chi connectivity index (χ4v) is 2.03. The van der Waals surface area contributed by atoms with E-state index in [1.807, 2.05) is 18.7 Å². The van der Waals surface area contributed by atoms with Crippen molar-refractivity contribution in [3.63, 3.8) is 0 Å². The highest BCUT2D eigenvalue weighted by Gasteiger charge is 2.29. The van der Waals surface area contributed by atoms with E-state index in [4.69, 9.17) is 5.73 Å². The van der Waals surface area contributed by atoms with Crippen LogP contribution in [0.15, 0.2) is 0 Å². The van der Waals surface area contributed by atoms with E-state index in [1.54, 1.807) is 0 Å². The molecule has 2 N–H and O–H groups in total. The van der Waals surface area contributed by atoms with E-state index in [2.05, 4.69) is 32.7 Å². The summed E-state index contributed by atoms with van der Waals surface area (Å²) in [5.74, 6) is 0.203. The van der Waals surface area contributed by atoms with E-state index in [0.717, 1.165) is 19.5 Å². The Morgan fingerprint density at radius 1 is 1.22 bits per heavy atom. The number of amides is 1. The van der Waals surface area contributed by atoms with Crippen molar-refractivity contribution >= 4 is 5.91 Å². The Morgan fingerprint density at radius 3 is 2.06 bits per heavy atom. The number of hydrogen-bond acceptors (Lipinski definition) is 3. The molecule has 1 unspecified atom stereocenters. The van der Waals surface area contributed by atoms with Crippen molar-refractivity contribution in [2.75, 3.05) is 26.7 Å². The van der Waals surface area contributed by atoms with Gasteiger partial charge in [0, 0.05) is 37.6 Å². The molecule has 0 heterocycles. The van der Waals surface area contributed by atoms with E-state index in [9.17, 15) is 4.79 Å². The standard InChI is InChI=1S/C14H31N3O/c1-7-14(4,5)16(6)12(11-15)10-13(18)17(8-2)9-3/h12H,7-11,15H2,1-6H3. The number of hydrogen-bond donors (Lipinski definition) is 1. The maximum absolute atomic E-state index is 12.1. The van der Waals surface area contributed by atoms with Crippen LogP contribution in [-0.4, -0.2) is 54.0 Å². The Labute approximate surface area is 113 Å². The molecule has 4 heteroatoms. The highest BCUT2D eigenvalue weighted by Crippen LogP contribution is 2.20. The first kappa shape index (κ1) is 17.4. The average Bonchev–Trinajstić information content (AvgIpc) is 2.36. The number of nitrogens with zero attached hydrogens (tertiary/aromatic N) is 2. The molecule has 0 saturated heterocycles. The SMILES string of the molecule is CCN(CC)C(=O)CC(CN)N(C)C(C)(C)CC. The van der Waals surface area contributed by atoms with Gasteiger partial charge in [0.1, 0.15) is 0 Å². The predicted octanol–water partition coefficient (Wildman–Crippen LogP) is 1.69. The maximum atomic E-state index is 12.1. The van der Waals surface area contributed by atoms with Crippen LogP contribution in [0.2, 0.25) is 0 Å². The monoisotopic (exact) mass is 257 g/mol. The second-order valence-corrected chi connectivity index (χ2v) is 5.44. The number of rotatable bonds is 8. The van der Waals surface area contributed by atoms with E-state index >= 15 is 0 Å². The van der Waals surface area contributed by atoms with Crippen molar-refractivity contribution < 1.29 is 4.79 Å². The molecule has 0 spiro atoms. The zero-order valence-corrected chi connectivity index (χ0v) is 13.0. The van der Waals surface area contributed by atoms with Crippen molar-refractivity contribution in [1.82, 2.24) is 9.80 Å². The average molecular weight is 257 g/mol. The molecule has 1 atom stereocenters. The molecule has 0 radical (unpaired) electrons. The van der Waals surface area contributed by atoms with Crippen molar-refractivity contribution in [3.05, 3.63) is 0 Å². The minimum atomic E-state index is 0.0770. The predicted molar refractivity (Wildman–Crippen MR) is 77.5 cm³/mol. The molecular weight excluding hydrogens is 226 g/mol. The number of carbonyl (C=O) groups is 1. The highest BCUT2D eigenvalue weighted by atomic mass is 16.2. The molecule has 0 aliphatic heterocycles. The summed E-state index contributed by atoms with van der Waals surface area (Å²) >= 11 is 0. The highest BCUT2D eigenvalue weighted by molar-refractivity contribution is 5.76. The topological polar surface area (TPSA) is 49.6 Å². The van der Waals surface area contributed by atoms with Gasteiger partial charge in [0.2, 0.25) is 5.91 Å². The zero-order chi connectivity index (χ0) is 14.3. The fraction of sp³-hybridized carbons (Fsp3) is 0.929. The van der Waals surface area contributed by atoms with Gasteiger partial charge in [0.25, 0.3) is 0 Å². The zero-order valence-electron chi connectivity index (χ0n) is 13.0. The van der Waals surface area contributed by atoms with Gasteiger partial charge >= 0.3 is 0 Å². The third kappa shape index (κ3) is 4.58. The summed E-state index contributed by atoms with van der Waals surface area (Å²) in [5.41, 5.74) is 5.92. The van der Waals surface area contributed by atoms with Gasteiger partial charge in [-0.2, -0.15) is 0 Å². The van der Waals surface area contributed by atoms with Crippen LogP contribution >= 0.6 is 0 Å². The lowest BCUT2D eigenvalue weighted by molar-refractivity contribution is -0.132. The molecule has 0 aromatic heterocycles. The first-order chi connectivity index (χ1) is 8.33. The number of nitrogens with two attached hydrogens (primary N) is 1. The fourth-order valence-electron chi connectivity index (χ4n) is 2.03. The molecular formula is C14H31N3O. The summed E-state index contributed by atoms with van der Waals surface area (Å²) in [6.07, 6.45) is 1.55. The van der Waals surface area contributed by atoms with Crippen molar-refractivity contribution in [2.24, 2.45) is 5.73 Å². The third-order valence-corrected chi connectivity index (χ3v) is 4.17. The van der Waals surface area contributed by atoms with Crippen LogP contribution in [0, 0.1) is 0 Å². The summed E-state index contributed by atoms with van der Waals surface area (Å²) in [6.45, 7) is 12.6. The van der Waals surface area contributed by atoms with Crippen LogP contribution in [0.1, 0.15) is 47.5 Å². The minimum Gasteiger partial charge on any atom is -0.343 e. The molecule has 0 fully saturated rings. The summed E-state index contributed by atoms with van der Waals surface area (Å²) in [5, 5.41) is 0. The molecule has 0 saturated carbocycles. The molecule has 0 aromatic rings. The van der Waals surface area contributed by atoms with Crippen LogP contribution < -0.4 is 5.73 Å². The smallest absolute Gasteiger partial charge is 0.224 e. The van der Waals surface area contributed by atoms with Gasteiger partial charge in [-0.25, -0.2) is 0 Å². The lowest BCUT2D eigenvalue weighted by Crippen LogP contribution is -2.51. The lowest BCUT2D eigenvalue weighted by atomic mass is 9.96. The molecule has 0 rings (SSSR count). The van der Waals surface area contributed by atoms with Gasteiger partial charge in [-0.05, 0) is 41.2 Å². The van der Waals surface area contributed by atoms with E-state index in [1.165, 1.54) is 0 Å². The van der Waals surface area contributed by atoms with Crippen molar-refractivity contribution in [2.45, 2.75) is 59.0 Å². The summed E-state index contributed by atoms with van der Waals surface area (Å²) in [6, 6.07) is 0.119. The molecule has 18 heavy (non-hydrogen) atoms. The third-order valence-electron chi connectivity index (χ3n) is 4.17. The Kier molecular flexibility index (Phi) is 7.48. The van der Waals surface area contributed by atoms with E-state index < -0.39 is 0 Å². The Hall–Kier alpha value is -0.610. The summed E-state index contributed by atoms with van der Waals surface area (Å²) in [7, 11) is 2.07. The molecule has 4 nitrogen and oxygen atoms in total. The van der Waals surface area contributed by atoms with Crippen LogP contribution in [-0.2, 0) is 4.79 Å². The molecule has 1 amide bonds. The van der Waals surface area contributed by atoms with Gasteiger partial charge in [-0.1, -0.05) is 6.92 Å². The Bertz CT molecular complexity index is 249. The van der Waals surface area contributed by atoms with Gasteiger partial charge in [-0.3, -0.25) is 9.69 Å². The van der Waals surface area contributed by atoms with Crippen molar-refractivity contribution in [1.29, 1.82) is 0 Å². The normalized spacial score (nSPS) is 13.8. The van der Waals surface area contributed by atoms with Gasteiger partial charge < -0.3 is 10.6 Å². The Balaban J connectivity index is 4.66. The molecule has 108 valence electrons. The van der Waals surface area contributed by atoms with Crippen LogP contribution in [0.4, 0.5) is 0 Å². The van der Waals surface area contributed by atoms with E-state index in [0.29, 0.717) is 13.0 Å².